The molecule has 114 valence electrons. The topological polar surface area (TPSA) is 63.6 Å². The van der Waals surface area contributed by atoms with Crippen LogP contribution in [0, 0.1) is 19.8 Å². The molecule has 1 atom stereocenters. The molecule has 0 aromatic carbocycles. The van der Waals surface area contributed by atoms with Crippen LogP contribution in [0.4, 0.5) is 5.82 Å². The Balaban J connectivity index is 2.13. The second kappa shape index (κ2) is 6.78. The molecule has 0 unspecified atom stereocenters. The minimum Gasteiger partial charge on any atom is -0.366 e. The maximum absolute atomic E-state index is 4.59. The second-order valence-corrected chi connectivity index (χ2v) is 6.16. The van der Waals surface area contributed by atoms with Gasteiger partial charge in [0.15, 0.2) is 17.0 Å². The molecule has 0 saturated heterocycles. The van der Waals surface area contributed by atoms with E-state index in [9.17, 15) is 0 Å². The van der Waals surface area contributed by atoms with E-state index in [2.05, 4.69) is 46.0 Å². The number of aryl methyl sites for hydroxylation is 2. The number of hydrogen-bond donors (Lipinski definition) is 1. The molecule has 0 saturated carbocycles. The zero-order valence-corrected chi connectivity index (χ0v) is 13.6. The molecule has 0 aliphatic rings. The average Bonchev–Trinajstić information content (AvgIpc) is 2.40. The molecule has 0 radical (unpaired) electrons. The van der Waals surface area contributed by atoms with Gasteiger partial charge in [0.2, 0.25) is 0 Å². The molecule has 21 heavy (non-hydrogen) atoms. The van der Waals surface area contributed by atoms with Crippen LogP contribution in [0.15, 0.2) is 6.33 Å². The number of nitrogens with one attached hydrogen (secondary N) is 1. The van der Waals surface area contributed by atoms with E-state index in [1.54, 1.807) is 6.33 Å². The Labute approximate surface area is 126 Å². The largest absolute Gasteiger partial charge is 0.366 e. The highest BCUT2D eigenvalue weighted by atomic mass is 15.1. The van der Waals surface area contributed by atoms with Crippen LogP contribution in [0.25, 0.3) is 11.2 Å². The van der Waals surface area contributed by atoms with Gasteiger partial charge in [-0.2, -0.15) is 0 Å². The maximum Gasteiger partial charge on any atom is 0.183 e. The van der Waals surface area contributed by atoms with Gasteiger partial charge in [-0.3, -0.25) is 0 Å². The van der Waals surface area contributed by atoms with Gasteiger partial charge in [-0.15, -0.1) is 0 Å². The predicted molar refractivity (Wildman–Crippen MR) is 86.4 cm³/mol. The summed E-state index contributed by atoms with van der Waals surface area (Å²) in [4.78, 5) is 17.6. The van der Waals surface area contributed by atoms with Crippen molar-refractivity contribution in [3.8, 4) is 0 Å². The van der Waals surface area contributed by atoms with Crippen molar-refractivity contribution < 1.29 is 0 Å². The Kier molecular flexibility index (Phi) is 5.04. The molecule has 0 spiro atoms. The highest BCUT2D eigenvalue weighted by molar-refractivity contribution is 5.82. The lowest BCUT2D eigenvalue weighted by Gasteiger charge is -2.16. The number of nitrogens with zero attached hydrogens (tertiary/aromatic N) is 4. The lowest BCUT2D eigenvalue weighted by molar-refractivity contribution is 0.520. The number of anilines is 1. The van der Waals surface area contributed by atoms with Crippen molar-refractivity contribution >= 4 is 17.0 Å². The third-order valence-electron chi connectivity index (χ3n) is 3.68. The lowest BCUT2D eigenvalue weighted by atomic mass is 10.0. The van der Waals surface area contributed by atoms with Crippen molar-refractivity contribution in [3.63, 3.8) is 0 Å². The predicted octanol–water partition coefficient (Wildman–Crippen LogP) is 3.66. The molecule has 5 heteroatoms. The van der Waals surface area contributed by atoms with Crippen molar-refractivity contribution in [1.82, 2.24) is 19.9 Å². The monoisotopic (exact) mass is 287 g/mol. The molecule has 0 aliphatic carbocycles. The summed E-state index contributed by atoms with van der Waals surface area (Å²) < 4.78 is 0. The van der Waals surface area contributed by atoms with Gasteiger partial charge in [-0.25, -0.2) is 19.9 Å². The molecule has 2 rings (SSSR count). The standard InChI is InChI=1S/C16H25N5/c1-10(2)7-6-8-11(3)19-15-14-16(18-9-17-15)21-13(5)12(4)20-14/h9-11H,6-8H2,1-5H3,(H,17,18,19,21)/t11-/m1/s1. The molecular weight excluding hydrogens is 262 g/mol. The summed E-state index contributed by atoms with van der Waals surface area (Å²) in [6.45, 7) is 10.6. The van der Waals surface area contributed by atoms with E-state index in [0.717, 1.165) is 35.1 Å². The molecule has 1 N–H and O–H groups in total. The van der Waals surface area contributed by atoms with Crippen molar-refractivity contribution in [1.29, 1.82) is 0 Å². The van der Waals surface area contributed by atoms with E-state index in [1.807, 2.05) is 13.8 Å². The van der Waals surface area contributed by atoms with Gasteiger partial charge in [0.05, 0.1) is 11.4 Å². The summed E-state index contributed by atoms with van der Waals surface area (Å²) in [5.74, 6) is 1.54. The molecule has 0 fully saturated rings. The number of fused-ring (bicyclic) bond motifs is 1. The van der Waals surface area contributed by atoms with E-state index < -0.39 is 0 Å². The van der Waals surface area contributed by atoms with E-state index in [0.29, 0.717) is 11.7 Å². The highest BCUT2D eigenvalue weighted by Gasteiger charge is 2.11. The van der Waals surface area contributed by atoms with Crippen LogP contribution >= 0.6 is 0 Å². The number of hydrogen-bond acceptors (Lipinski definition) is 5. The Bertz CT molecular complexity index is 609. The fourth-order valence-corrected chi connectivity index (χ4v) is 2.29. The molecule has 0 aliphatic heterocycles. The van der Waals surface area contributed by atoms with Crippen LogP contribution in [-0.4, -0.2) is 26.0 Å². The number of aromatic nitrogens is 4. The third-order valence-corrected chi connectivity index (χ3v) is 3.68. The first-order valence-electron chi connectivity index (χ1n) is 7.70. The molecule has 2 heterocycles. The summed E-state index contributed by atoms with van der Waals surface area (Å²) >= 11 is 0. The number of rotatable bonds is 6. The fraction of sp³-hybridized carbons (Fsp3) is 0.625. The second-order valence-electron chi connectivity index (χ2n) is 6.16. The Morgan fingerprint density at radius 3 is 2.43 bits per heavy atom. The SMILES string of the molecule is Cc1nc2ncnc(N[C@H](C)CCCC(C)C)c2nc1C. The van der Waals surface area contributed by atoms with Crippen LogP contribution in [-0.2, 0) is 0 Å². The quantitative estimate of drug-likeness (QED) is 0.878. The summed E-state index contributed by atoms with van der Waals surface area (Å²) in [6, 6.07) is 0.366. The Hall–Kier alpha value is -1.78. The Morgan fingerprint density at radius 1 is 1.00 bits per heavy atom. The molecule has 0 bridgehead atoms. The van der Waals surface area contributed by atoms with Gasteiger partial charge >= 0.3 is 0 Å². The van der Waals surface area contributed by atoms with E-state index in [1.165, 1.54) is 12.8 Å². The first-order chi connectivity index (χ1) is 9.97. The highest BCUT2D eigenvalue weighted by Crippen LogP contribution is 2.19. The molecule has 2 aromatic heterocycles. The summed E-state index contributed by atoms with van der Waals surface area (Å²) in [7, 11) is 0. The van der Waals surface area contributed by atoms with Crippen molar-refractivity contribution in [2.75, 3.05) is 5.32 Å². The minimum absolute atomic E-state index is 0.366. The summed E-state index contributed by atoms with van der Waals surface area (Å²) in [5.41, 5.74) is 3.26. The molecule has 5 nitrogen and oxygen atoms in total. The maximum atomic E-state index is 4.59. The third kappa shape index (κ3) is 4.09. The van der Waals surface area contributed by atoms with Gasteiger partial charge in [0.1, 0.15) is 6.33 Å². The summed E-state index contributed by atoms with van der Waals surface area (Å²) in [5, 5.41) is 3.45. The van der Waals surface area contributed by atoms with Crippen molar-refractivity contribution in [3.05, 3.63) is 17.7 Å². The Morgan fingerprint density at radius 2 is 1.71 bits per heavy atom. The van der Waals surface area contributed by atoms with Crippen LogP contribution in [0.5, 0.6) is 0 Å². The van der Waals surface area contributed by atoms with E-state index in [4.69, 9.17) is 0 Å². The van der Waals surface area contributed by atoms with Crippen LogP contribution in [0.3, 0.4) is 0 Å². The van der Waals surface area contributed by atoms with E-state index in [-0.39, 0.29) is 0 Å². The normalized spacial score (nSPS) is 12.9. The van der Waals surface area contributed by atoms with Gasteiger partial charge < -0.3 is 5.32 Å². The zero-order chi connectivity index (χ0) is 15.4. The first-order valence-corrected chi connectivity index (χ1v) is 7.70. The van der Waals surface area contributed by atoms with Crippen LogP contribution in [0.2, 0.25) is 0 Å². The van der Waals surface area contributed by atoms with Gasteiger partial charge in [-0.1, -0.05) is 26.7 Å². The van der Waals surface area contributed by atoms with Gasteiger partial charge in [0.25, 0.3) is 0 Å². The summed E-state index contributed by atoms with van der Waals surface area (Å²) in [6.07, 6.45) is 5.16. The van der Waals surface area contributed by atoms with Crippen molar-refractivity contribution in [2.45, 2.75) is 59.9 Å². The van der Waals surface area contributed by atoms with Crippen LogP contribution < -0.4 is 5.32 Å². The fourth-order valence-electron chi connectivity index (χ4n) is 2.29. The first kappa shape index (κ1) is 15.6. The van der Waals surface area contributed by atoms with Crippen molar-refractivity contribution in [2.24, 2.45) is 5.92 Å². The molecule has 0 amide bonds. The molecule has 2 aromatic rings. The minimum atomic E-state index is 0.366. The van der Waals surface area contributed by atoms with Gasteiger partial charge in [0, 0.05) is 6.04 Å². The average molecular weight is 287 g/mol. The smallest absolute Gasteiger partial charge is 0.183 e. The van der Waals surface area contributed by atoms with E-state index >= 15 is 0 Å². The van der Waals surface area contributed by atoms with Crippen LogP contribution in [0.1, 0.15) is 51.4 Å². The zero-order valence-electron chi connectivity index (χ0n) is 13.6. The molecular formula is C16H25N5. The lowest BCUT2D eigenvalue weighted by Crippen LogP contribution is -2.17. The van der Waals surface area contributed by atoms with Gasteiger partial charge in [-0.05, 0) is 33.1 Å².